The number of hydrogen-bond donors (Lipinski definition) is 0. The molecular weight excluding hydrogens is 409 g/mol. The monoisotopic (exact) mass is 451 g/mol. The highest BCUT2D eigenvalue weighted by Crippen LogP contribution is 2.47. The van der Waals surface area contributed by atoms with Crippen molar-refractivity contribution in [3.05, 3.63) is 53.6 Å². The fourth-order valence-electron chi connectivity index (χ4n) is 5.24. The Morgan fingerprint density at radius 1 is 1.06 bits per heavy atom. The van der Waals surface area contributed by atoms with Crippen LogP contribution >= 0.6 is 0 Å². The highest BCUT2D eigenvalue weighted by atomic mass is 16.7. The summed E-state index contributed by atoms with van der Waals surface area (Å²) >= 11 is 0. The fourth-order valence-corrected chi connectivity index (χ4v) is 5.24. The molecule has 180 valence electrons. The Bertz CT molecular complexity index is 919. The number of hydrogen-bond acceptors (Lipinski definition) is 4. The maximum Gasteiger partial charge on any atom is 0.497 e. The lowest BCUT2D eigenvalue weighted by Gasteiger charge is -2.49. The van der Waals surface area contributed by atoms with Crippen molar-refractivity contribution >= 4 is 12.7 Å². The lowest BCUT2D eigenvalue weighted by atomic mass is 9.56. The number of allylic oxidation sites excluding steroid dienone is 2. The van der Waals surface area contributed by atoms with Gasteiger partial charge in [-0.25, -0.2) is 0 Å². The van der Waals surface area contributed by atoms with Crippen LogP contribution in [0.3, 0.4) is 0 Å². The van der Waals surface area contributed by atoms with Crippen LogP contribution in [0, 0.1) is 12.8 Å². The summed E-state index contributed by atoms with van der Waals surface area (Å²) in [6.07, 6.45) is 8.80. The van der Waals surface area contributed by atoms with Gasteiger partial charge >= 0.3 is 7.12 Å². The van der Waals surface area contributed by atoms with Gasteiger partial charge in [0.1, 0.15) is 5.50 Å². The van der Waals surface area contributed by atoms with Gasteiger partial charge < -0.3 is 14.0 Å². The number of aryl methyl sites for hydroxylation is 1. The third-order valence-corrected chi connectivity index (χ3v) is 8.63. The van der Waals surface area contributed by atoms with Gasteiger partial charge in [-0.15, -0.1) is 0 Å². The Labute approximate surface area is 201 Å². The smallest absolute Gasteiger partial charge is 0.401 e. The molecule has 2 heterocycles. The number of likely N-dealkylation sites (tertiary alicyclic amines) is 1. The molecule has 0 aromatic heterocycles. The van der Waals surface area contributed by atoms with Crippen LogP contribution < -0.4 is 0 Å². The summed E-state index contributed by atoms with van der Waals surface area (Å²) < 4.78 is 20.0. The van der Waals surface area contributed by atoms with E-state index < -0.39 is 23.8 Å². The van der Waals surface area contributed by atoms with Crippen LogP contribution in [0.4, 0.5) is 0 Å². The predicted octanol–water partition coefficient (Wildman–Crippen LogP) is 5.85. The summed E-state index contributed by atoms with van der Waals surface area (Å²) in [5.74, 6) is 0.0822. The first-order valence-corrected chi connectivity index (χ1v) is 12.6. The molecule has 4 nitrogen and oxygen atoms in total. The Morgan fingerprint density at radius 3 is 2.30 bits per heavy atom. The van der Waals surface area contributed by atoms with Crippen LogP contribution in [0.2, 0.25) is 0 Å². The Kier molecular flexibility index (Phi) is 6.50. The summed E-state index contributed by atoms with van der Waals surface area (Å²) in [4.78, 5) is 2.55. The molecule has 0 N–H and O–H groups in total. The molecule has 5 heteroatoms. The van der Waals surface area contributed by atoms with E-state index in [4.69, 9.17) is 14.0 Å². The van der Waals surface area contributed by atoms with E-state index in [2.05, 4.69) is 103 Å². The molecule has 2 unspecified atom stereocenters. The lowest BCUT2D eigenvalue weighted by Crippen LogP contribution is -2.57. The fraction of sp³-hybridized carbons (Fsp3) is 0.643. The molecule has 33 heavy (non-hydrogen) atoms. The molecule has 0 saturated carbocycles. The summed E-state index contributed by atoms with van der Waals surface area (Å²) in [6.45, 7) is 20.5. The highest BCUT2D eigenvalue weighted by Gasteiger charge is 2.62. The Morgan fingerprint density at radius 2 is 1.73 bits per heavy atom. The minimum atomic E-state index is -0.679. The van der Waals surface area contributed by atoms with Gasteiger partial charge in [0.15, 0.2) is 0 Å². The number of nitrogens with zero attached hydrogens (tertiary/aromatic N) is 1. The summed E-state index contributed by atoms with van der Waals surface area (Å²) in [5, 5.41) is 0. The van der Waals surface area contributed by atoms with Gasteiger partial charge in [-0.2, -0.15) is 0 Å². The van der Waals surface area contributed by atoms with Gasteiger partial charge in [0.2, 0.25) is 0 Å². The first kappa shape index (κ1) is 24.7. The molecule has 2 atom stereocenters. The third kappa shape index (κ3) is 4.38. The van der Waals surface area contributed by atoms with Crippen LogP contribution in [0.25, 0.3) is 5.57 Å². The molecular formula is C28H42BNO3. The second-order valence-corrected chi connectivity index (χ2v) is 11.7. The van der Waals surface area contributed by atoms with Crippen molar-refractivity contribution in [2.24, 2.45) is 5.92 Å². The molecule has 0 amide bonds. The second-order valence-electron chi connectivity index (χ2n) is 11.7. The van der Waals surface area contributed by atoms with Crippen molar-refractivity contribution in [1.29, 1.82) is 0 Å². The average Bonchev–Trinajstić information content (AvgIpc) is 2.96. The minimum absolute atomic E-state index is 0.0822. The number of benzene rings is 1. The Balaban J connectivity index is 1.59. The van der Waals surface area contributed by atoms with E-state index in [1.807, 2.05) is 0 Å². The van der Waals surface area contributed by atoms with Crippen molar-refractivity contribution < 1.29 is 14.0 Å². The van der Waals surface area contributed by atoms with E-state index >= 15 is 0 Å². The molecule has 1 aliphatic carbocycles. The first-order valence-electron chi connectivity index (χ1n) is 12.6. The van der Waals surface area contributed by atoms with Crippen LogP contribution in [-0.4, -0.2) is 54.0 Å². The van der Waals surface area contributed by atoms with E-state index in [0.29, 0.717) is 12.1 Å². The Hall–Kier alpha value is -1.40. The second kappa shape index (κ2) is 8.68. The van der Waals surface area contributed by atoms with Crippen molar-refractivity contribution in [2.45, 2.75) is 90.5 Å². The predicted molar refractivity (Wildman–Crippen MR) is 137 cm³/mol. The van der Waals surface area contributed by atoms with E-state index in [0.717, 1.165) is 13.0 Å². The van der Waals surface area contributed by atoms with Gasteiger partial charge in [-0.05, 0) is 78.0 Å². The zero-order valence-electron chi connectivity index (χ0n) is 21.9. The topological polar surface area (TPSA) is 30.9 Å². The van der Waals surface area contributed by atoms with E-state index in [9.17, 15) is 0 Å². The third-order valence-electron chi connectivity index (χ3n) is 8.63. The zero-order valence-corrected chi connectivity index (χ0v) is 21.9. The summed E-state index contributed by atoms with van der Waals surface area (Å²) in [5.41, 5.74) is 2.63. The maximum absolute atomic E-state index is 6.83. The lowest BCUT2D eigenvalue weighted by molar-refractivity contribution is -0.0234. The molecule has 1 aromatic carbocycles. The molecule has 1 aromatic rings. The average molecular weight is 451 g/mol. The SMILES string of the molecule is Cc1ccccc1C1=CC=CC(OCCCN2CCC2(C)C)(B2OC(C)(C)C(C)(C)O2)C1C. The van der Waals surface area contributed by atoms with Crippen molar-refractivity contribution in [3.8, 4) is 0 Å². The van der Waals surface area contributed by atoms with Crippen LogP contribution in [0.15, 0.2) is 42.5 Å². The quantitative estimate of drug-likeness (QED) is 0.385. The molecule has 2 fully saturated rings. The molecule has 2 aliphatic heterocycles. The van der Waals surface area contributed by atoms with Crippen molar-refractivity contribution in [2.75, 3.05) is 19.7 Å². The van der Waals surface area contributed by atoms with Gasteiger partial charge in [0, 0.05) is 31.2 Å². The van der Waals surface area contributed by atoms with E-state index in [1.54, 1.807) is 0 Å². The van der Waals surface area contributed by atoms with E-state index in [1.165, 1.54) is 29.7 Å². The number of rotatable bonds is 7. The summed E-state index contributed by atoms with van der Waals surface area (Å²) in [7, 11) is -0.470. The van der Waals surface area contributed by atoms with Gasteiger partial charge in [-0.1, -0.05) is 49.4 Å². The number of ether oxygens (including phenoxy) is 1. The molecule has 3 aliphatic rings. The molecule has 0 radical (unpaired) electrons. The van der Waals surface area contributed by atoms with Gasteiger partial charge in [0.05, 0.1) is 11.2 Å². The maximum atomic E-state index is 6.83. The largest absolute Gasteiger partial charge is 0.497 e. The van der Waals surface area contributed by atoms with E-state index in [-0.39, 0.29) is 5.92 Å². The summed E-state index contributed by atoms with van der Waals surface area (Å²) in [6, 6.07) is 8.59. The highest BCUT2D eigenvalue weighted by molar-refractivity contribution is 6.50. The normalized spacial score (nSPS) is 30.2. The van der Waals surface area contributed by atoms with Gasteiger partial charge in [-0.3, -0.25) is 4.90 Å². The zero-order chi connectivity index (χ0) is 24.1. The molecule has 2 saturated heterocycles. The standard InChI is InChI=1S/C28H42BNO3/c1-21-13-9-10-14-23(21)24-15-11-16-28(22(24)2,29-32-26(5,6)27(7,8)33-29)31-20-12-18-30-19-17-25(30,3)4/h9-11,13-16,22H,12,17-20H2,1-8H3. The van der Waals surface area contributed by atoms with Crippen LogP contribution in [0.5, 0.6) is 0 Å². The minimum Gasteiger partial charge on any atom is -0.401 e. The van der Waals surface area contributed by atoms with Crippen molar-refractivity contribution in [3.63, 3.8) is 0 Å². The first-order chi connectivity index (χ1) is 15.4. The van der Waals surface area contributed by atoms with Gasteiger partial charge in [0.25, 0.3) is 0 Å². The molecule has 0 spiro atoms. The van der Waals surface area contributed by atoms with Crippen molar-refractivity contribution in [1.82, 2.24) is 4.90 Å². The molecule has 0 bridgehead atoms. The van der Waals surface area contributed by atoms with Crippen LogP contribution in [-0.2, 0) is 14.0 Å². The van der Waals surface area contributed by atoms with Crippen LogP contribution in [0.1, 0.15) is 72.4 Å². The molecule has 4 rings (SSSR count).